The Balaban J connectivity index is 1.59. The average Bonchev–Trinajstić information content (AvgIpc) is 3.15. The van der Waals surface area contributed by atoms with E-state index in [0.717, 1.165) is 12.1 Å². The molecule has 0 radical (unpaired) electrons. The van der Waals surface area contributed by atoms with E-state index in [-0.39, 0.29) is 16.7 Å². The zero-order valence-electron chi connectivity index (χ0n) is 17.2. The number of likely N-dealkylation sites (N-methyl/N-ethyl adjacent to an activating group) is 1. The molecule has 8 nitrogen and oxygen atoms in total. The van der Waals surface area contributed by atoms with Crippen LogP contribution in [0, 0.1) is 0 Å². The molecule has 0 spiro atoms. The van der Waals surface area contributed by atoms with Gasteiger partial charge in [-0.3, -0.25) is 14.5 Å². The number of benzene rings is 1. The minimum Gasteiger partial charge on any atom is -0.342 e. The van der Waals surface area contributed by atoms with Gasteiger partial charge in [-0.1, -0.05) is 0 Å². The van der Waals surface area contributed by atoms with Gasteiger partial charge in [0.2, 0.25) is 21.8 Å². The maximum atomic E-state index is 13.0. The van der Waals surface area contributed by atoms with Crippen LogP contribution in [0.4, 0.5) is 5.69 Å². The molecule has 0 N–H and O–H groups in total. The van der Waals surface area contributed by atoms with Crippen LogP contribution < -0.4 is 4.90 Å². The van der Waals surface area contributed by atoms with Gasteiger partial charge in [-0.2, -0.15) is 4.31 Å². The van der Waals surface area contributed by atoms with Gasteiger partial charge in [0, 0.05) is 57.9 Å². The van der Waals surface area contributed by atoms with E-state index < -0.39 is 10.0 Å². The first-order valence-electron chi connectivity index (χ1n) is 10.3. The van der Waals surface area contributed by atoms with Gasteiger partial charge in [0.05, 0.1) is 11.4 Å². The van der Waals surface area contributed by atoms with E-state index in [2.05, 4.69) is 0 Å². The molecular formula is C20H30N4O4S. The molecule has 2 aliphatic rings. The van der Waals surface area contributed by atoms with Crippen molar-refractivity contribution in [3.63, 3.8) is 0 Å². The van der Waals surface area contributed by atoms with Crippen molar-refractivity contribution in [1.29, 1.82) is 0 Å². The van der Waals surface area contributed by atoms with Crippen molar-refractivity contribution in [2.75, 3.05) is 57.3 Å². The van der Waals surface area contributed by atoms with Gasteiger partial charge in [0.15, 0.2) is 0 Å². The van der Waals surface area contributed by atoms with Crippen LogP contribution in [0.5, 0.6) is 0 Å². The van der Waals surface area contributed by atoms with Gasteiger partial charge in [-0.05, 0) is 44.5 Å². The van der Waals surface area contributed by atoms with E-state index in [1.54, 1.807) is 34.1 Å². The lowest BCUT2D eigenvalue weighted by Gasteiger charge is -2.34. The molecule has 0 aromatic heterocycles. The maximum Gasteiger partial charge on any atom is 0.243 e. The first kappa shape index (κ1) is 21.7. The minimum atomic E-state index is -3.59. The Morgan fingerprint density at radius 1 is 1.00 bits per heavy atom. The van der Waals surface area contributed by atoms with Crippen molar-refractivity contribution in [3.05, 3.63) is 24.3 Å². The third-order valence-corrected chi connectivity index (χ3v) is 7.58. The molecule has 0 atom stereocenters. The Kier molecular flexibility index (Phi) is 6.92. The van der Waals surface area contributed by atoms with Gasteiger partial charge < -0.3 is 9.80 Å². The zero-order valence-corrected chi connectivity index (χ0v) is 18.0. The summed E-state index contributed by atoms with van der Waals surface area (Å²) in [6.45, 7) is 8.08. The third-order valence-electron chi connectivity index (χ3n) is 5.67. The minimum absolute atomic E-state index is 0.0796. The van der Waals surface area contributed by atoms with Crippen LogP contribution in [0.1, 0.15) is 26.7 Å². The summed E-state index contributed by atoms with van der Waals surface area (Å²) in [5.41, 5.74) is 0.742. The number of nitrogens with zero attached hydrogens (tertiary/aromatic N) is 4. The van der Waals surface area contributed by atoms with Crippen molar-refractivity contribution < 1.29 is 18.0 Å². The van der Waals surface area contributed by atoms with Gasteiger partial charge in [-0.25, -0.2) is 8.42 Å². The quantitative estimate of drug-likeness (QED) is 0.655. The highest BCUT2D eigenvalue weighted by atomic mass is 32.2. The highest BCUT2D eigenvalue weighted by molar-refractivity contribution is 7.89. The normalized spacial score (nSPS) is 19.0. The lowest BCUT2D eigenvalue weighted by Crippen LogP contribution is -2.51. The number of hydrogen-bond acceptors (Lipinski definition) is 5. The average molecular weight is 423 g/mol. The van der Waals surface area contributed by atoms with Crippen LogP contribution in [0.3, 0.4) is 0 Å². The molecule has 0 saturated carbocycles. The predicted octanol–water partition coefficient (Wildman–Crippen LogP) is 0.988. The Bertz CT molecular complexity index is 829. The Hall–Kier alpha value is -1.97. The molecular weight excluding hydrogens is 392 g/mol. The van der Waals surface area contributed by atoms with Crippen molar-refractivity contribution in [2.45, 2.75) is 31.6 Å². The fourth-order valence-corrected chi connectivity index (χ4v) is 5.29. The molecule has 160 valence electrons. The maximum absolute atomic E-state index is 13.0. The summed E-state index contributed by atoms with van der Waals surface area (Å²) in [6, 6.07) is 6.56. The number of anilines is 1. The molecule has 2 amide bonds. The molecule has 2 fully saturated rings. The first-order valence-corrected chi connectivity index (χ1v) is 11.7. The van der Waals surface area contributed by atoms with Crippen molar-refractivity contribution in [2.24, 2.45) is 0 Å². The standard InChI is InChI=1S/C20H30N4O4S/c1-3-22(4-2)20(26)16-21-12-14-23(15-13-21)29(27,28)18-9-7-17(8-10-18)24-11-5-6-19(24)25/h7-10H,3-6,11-16H2,1-2H3. The number of rotatable bonds is 7. The summed E-state index contributed by atoms with van der Waals surface area (Å²) in [5, 5.41) is 0. The largest absolute Gasteiger partial charge is 0.342 e. The van der Waals surface area contributed by atoms with Crippen LogP contribution in [0.2, 0.25) is 0 Å². The van der Waals surface area contributed by atoms with E-state index in [9.17, 15) is 18.0 Å². The molecule has 0 aliphatic carbocycles. The second-order valence-corrected chi connectivity index (χ2v) is 9.33. The highest BCUT2D eigenvalue weighted by Gasteiger charge is 2.30. The van der Waals surface area contributed by atoms with Crippen molar-refractivity contribution >= 4 is 27.5 Å². The third kappa shape index (κ3) is 4.79. The summed E-state index contributed by atoms with van der Waals surface area (Å²) in [7, 11) is -3.59. The number of sulfonamides is 1. The molecule has 0 bridgehead atoms. The lowest BCUT2D eigenvalue weighted by atomic mass is 10.3. The fraction of sp³-hybridized carbons (Fsp3) is 0.600. The summed E-state index contributed by atoms with van der Waals surface area (Å²) < 4.78 is 27.4. The van der Waals surface area contributed by atoms with Gasteiger partial charge >= 0.3 is 0 Å². The van der Waals surface area contributed by atoms with Crippen molar-refractivity contribution in [1.82, 2.24) is 14.1 Å². The Morgan fingerprint density at radius 2 is 1.62 bits per heavy atom. The van der Waals surface area contributed by atoms with Crippen LogP contribution in [0.15, 0.2) is 29.2 Å². The van der Waals surface area contributed by atoms with Crippen LogP contribution >= 0.6 is 0 Å². The van der Waals surface area contributed by atoms with E-state index in [1.807, 2.05) is 18.7 Å². The van der Waals surface area contributed by atoms with E-state index >= 15 is 0 Å². The topological polar surface area (TPSA) is 81.2 Å². The van der Waals surface area contributed by atoms with Crippen molar-refractivity contribution in [3.8, 4) is 0 Å². The molecule has 2 saturated heterocycles. The zero-order chi connectivity index (χ0) is 21.0. The monoisotopic (exact) mass is 422 g/mol. The molecule has 1 aromatic carbocycles. The number of carbonyl (C=O) groups is 2. The SMILES string of the molecule is CCN(CC)C(=O)CN1CCN(S(=O)(=O)c2ccc(N3CCCC3=O)cc2)CC1. The summed E-state index contributed by atoms with van der Waals surface area (Å²) in [5.74, 6) is 0.161. The molecule has 29 heavy (non-hydrogen) atoms. The molecule has 2 aliphatic heterocycles. The van der Waals surface area contributed by atoms with Crippen LogP contribution in [-0.4, -0.2) is 86.7 Å². The predicted molar refractivity (Wildman–Crippen MR) is 111 cm³/mol. The Morgan fingerprint density at radius 3 is 2.14 bits per heavy atom. The summed E-state index contributed by atoms with van der Waals surface area (Å²) >= 11 is 0. The van der Waals surface area contributed by atoms with E-state index in [0.29, 0.717) is 58.8 Å². The fourth-order valence-electron chi connectivity index (χ4n) is 3.86. The number of carbonyl (C=O) groups excluding carboxylic acids is 2. The lowest BCUT2D eigenvalue weighted by molar-refractivity contribution is -0.132. The van der Waals surface area contributed by atoms with E-state index in [4.69, 9.17) is 0 Å². The summed E-state index contributed by atoms with van der Waals surface area (Å²) in [6.07, 6.45) is 1.38. The molecule has 3 rings (SSSR count). The smallest absolute Gasteiger partial charge is 0.243 e. The molecule has 0 unspecified atom stereocenters. The van der Waals surface area contributed by atoms with Gasteiger partial charge in [-0.15, -0.1) is 0 Å². The molecule has 2 heterocycles. The molecule has 1 aromatic rings. The van der Waals surface area contributed by atoms with Crippen LogP contribution in [0.25, 0.3) is 0 Å². The van der Waals surface area contributed by atoms with Gasteiger partial charge in [0.25, 0.3) is 0 Å². The summed E-state index contributed by atoms with van der Waals surface area (Å²) in [4.78, 5) is 29.9. The van der Waals surface area contributed by atoms with E-state index in [1.165, 1.54) is 4.31 Å². The molecule has 9 heteroatoms. The first-order chi connectivity index (χ1) is 13.9. The number of hydrogen-bond donors (Lipinski definition) is 0. The van der Waals surface area contributed by atoms with Crippen LogP contribution in [-0.2, 0) is 19.6 Å². The highest BCUT2D eigenvalue weighted by Crippen LogP contribution is 2.24. The van der Waals surface area contributed by atoms with Gasteiger partial charge in [0.1, 0.15) is 0 Å². The second kappa shape index (κ2) is 9.23. The number of amides is 2. The number of piperazine rings is 1. The second-order valence-electron chi connectivity index (χ2n) is 7.39. The Labute approximate surface area is 173 Å².